The van der Waals surface area contributed by atoms with E-state index in [-0.39, 0.29) is 12.5 Å². The van der Waals surface area contributed by atoms with Crippen LogP contribution in [0.15, 0.2) is 46.1 Å². The summed E-state index contributed by atoms with van der Waals surface area (Å²) in [5.41, 5.74) is 0. The number of rotatable bonds is 7. The molecule has 0 bridgehead atoms. The molecule has 0 saturated heterocycles. The van der Waals surface area contributed by atoms with E-state index >= 15 is 0 Å². The van der Waals surface area contributed by atoms with Crippen molar-refractivity contribution in [2.45, 2.75) is 10.1 Å². The second kappa shape index (κ2) is 8.79. The van der Waals surface area contributed by atoms with Crippen LogP contribution in [0.2, 0.25) is 0 Å². The summed E-state index contributed by atoms with van der Waals surface area (Å²) in [7, 11) is 0. The molecule has 1 amide bonds. The number of carbonyl (C=O) groups excluding carboxylic acids is 1. The fraction of sp³-hybridized carbons (Fsp3) is 0.133. The SMILES string of the molecule is O=C(COc1ccc(I)cc1)Nc1nnc(SCc2cccs2)s1. The first kappa shape index (κ1) is 17.6. The van der Waals surface area contributed by atoms with Gasteiger partial charge in [0, 0.05) is 14.2 Å². The number of thioether (sulfide) groups is 1. The van der Waals surface area contributed by atoms with Crippen molar-refractivity contribution in [1.82, 2.24) is 10.2 Å². The van der Waals surface area contributed by atoms with Crippen LogP contribution in [0.4, 0.5) is 5.13 Å². The van der Waals surface area contributed by atoms with E-state index in [2.05, 4.69) is 49.6 Å². The number of ether oxygens (including phenoxy) is 1. The van der Waals surface area contributed by atoms with Crippen molar-refractivity contribution >= 4 is 68.1 Å². The van der Waals surface area contributed by atoms with Gasteiger partial charge in [-0.25, -0.2) is 0 Å². The highest BCUT2D eigenvalue weighted by Gasteiger charge is 2.10. The van der Waals surface area contributed by atoms with Crippen LogP contribution < -0.4 is 10.1 Å². The number of anilines is 1. The Kier molecular flexibility index (Phi) is 6.46. The molecule has 9 heteroatoms. The molecule has 0 aliphatic rings. The first-order chi connectivity index (χ1) is 11.7. The molecule has 0 fully saturated rings. The lowest BCUT2D eigenvalue weighted by atomic mass is 10.3. The molecule has 5 nitrogen and oxygen atoms in total. The number of aromatic nitrogens is 2. The molecule has 1 N–H and O–H groups in total. The van der Waals surface area contributed by atoms with Gasteiger partial charge in [0.2, 0.25) is 5.13 Å². The quantitative estimate of drug-likeness (QED) is 0.301. The summed E-state index contributed by atoms with van der Waals surface area (Å²) in [6, 6.07) is 11.6. The maximum Gasteiger partial charge on any atom is 0.264 e. The minimum absolute atomic E-state index is 0.0577. The number of nitrogens with one attached hydrogen (secondary N) is 1. The Morgan fingerprint density at radius 2 is 2.08 bits per heavy atom. The zero-order chi connectivity index (χ0) is 16.8. The fourth-order valence-corrected chi connectivity index (χ4v) is 4.58. The van der Waals surface area contributed by atoms with E-state index < -0.39 is 0 Å². The van der Waals surface area contributed by atoms with Crippen molar-refractivity contribution in [1.29, 1.82) is 0 Å². The van der Waals surface area contributed by atoms with Crippen LogP contribution in [-0.2, 0) is 10.5 Å². The van der Waals surface area contributed by atoms with Gasteiger partial charge in [-0.1, -0.05) is 29.2 Å². The predicted molar refractivity (Wildman–Crippen MR) is 107 cm³/mol. The van der Waals surface area contributed by atoms with Gasteiger partial charge in [0.25, 0.3) is 5.91 Å². The standard InChI is InChI=1S/C15H12IN3O2S3/c16-10-3-5-11(6-4-10)21-8-13(20)17-14-18-19-15(24-14)23-9-12-2-1-7-22-12/h1-7H,8-9H2,(H,17,18,20). The third-order valence-corrected chi connectivity index (χ3v) is 6.55. The smallest absolute Gasteiger partial charge is 0.264 e. The molecule has 0 aliphatic carbocycles. The molecular formula is C15H12IN3O2S3. The van der Waals surface area contributed by atoms with E-state index in [1.807, 2.05) is 30.3 Å². The van der Waals surface area contributed by atoms with E-state index in [9.17, 15) is 4.79 Å². The third kappa shape index (κ3) is 5.43. The van der Waals surface area contributed by atoms with Crippen LogP contribution >= 0.6 is 57.0 Å². The number of amides is 1. The Balaban J connectivity index is 1.45. The van der Waals surface area contributed by atoms with E-state index in [1.54, 1.807) is 23.1 Å². The maximum absolute atomic E-state index is 11.9. The largest absolute Gasteiger partial charge is 0.484 e. The van der Waals surface area contributed by atoms with Gasteiger partial charge in [0.15, 0.2) is 10.9 Å². The predicted octanol–water partition coefficient (Wildman–Crippen LogP) is 4.51. The van der Waals surface area contributed by atoms with Crippen LogP contribution in [0, 0.1) is 3.57 Å². The molecule has 0 unspecified atom stereocenters. The Hall–Kier alpha value is -1.17. The Labute approximate surface area is 165 Å². The lowest BCUT2D eigenvalue weighted by Gasteiger charge is -2.05. The maximum atomic E-state index is 11.9. The summed E-state index contributed by atoms with van der Waals surface area (Å²) in [5.74, 6) is 1.27. The first-order valence-corrected chi connectivity index (χ1v) is 10.6. The molecule has 0 saturated carbocycles. The second-order valence-electron chi connectivity index (χ2n) is 4.53. The molecule has 24 heavy (non-hydrogen) atoms. The zero-order valence-corrected chi connectivity index (χ0v) is 16.9. The summed E-state index contributed by atoms with van der Waals surface area (Å²) in [4.78, 5) is 13.2. The van der Waals surface area contributed by atoms with E-state index in [0.717, 1.165) is 13.7 Å². The van der Waals surface area contributed by atoms with E-state index in [4.69, 9.17) is 4.74 Å². The van der Waals surface area contributed by atoms with Gasteiger partial charge in [-0.2, -0.15) is 0 Å². The van der Waals surface area contributed by atoms with Crippen molar-refractivity contribution in [2.24, 2.45) is 0 Å². The van der Waals surface area contributed by atoms with Crippen LogP contribution in [0.25, 0.3) is 0 Å². The van der Waals surface area contributed by atoms with E-state index in [0.29, 0.717) is 10.9 Å². The number of hydrogen-bond acceptors (Lipinski definition) is 7. The number of benzene rings is 1. The van der Waals surface area contributed by atoms with Crippen molar-refractivity contribution < 1.29 is 9.53 Å². The van der Waals surface area contributed by atoms with Gasteiger partial charge in [-0.3, -0.25) is 10.1 Å². The lowest BCUT2D eigenvalue weighted by Crippen LogP contribution is -2.20. The van der Waals surface area contributed by atoms with Crippen molar-refractivity contribution in [3.05, 3.63) is 50.2 Å². The molecule has 0 aliphatic heterocycles. The average Bonchev–Trinajstić information content (AvgIpc) is 3.24. The van der Waals surface area contributed by atoms with Crippen molar-refractivity contribution in [3.63, 3.8) is 0 Å². The van der Waals surface area contributed by atoms with E-state index in [1.165, 1.54) is 16.2 Å². The molecule has 3 rings (SSSR count). The van der Waals surface area contributed by atoms with Crippen LogP contribution in [0.5, 0.6) is 5.75 Å². The summed E-state index contributed by atoms with van der Waals surface area (Å²) in [6.07, 6.45) is 0. The van der Waals surface area contributed by atoms with Gasteiger partial charge in [-0.05, 0) is 58.3 Å². The van der Waals surface area contributed by atoms with Gasteiger partial charge in [0.1, 0.15) is 5.75 Å². The molecule has 0 radical (unpaired) electrons. The van der Waals surface area contributed by atoms with Gasteiger partial charge in [-0.15, -0.1) is 21.5 Å². The van der Waals surface area contributed by atoms with Gasteiger partial charge < -0.3 is 4.74 Å². The Morgan fingerprint density at radius 1 is 1.25 bits per heavy atom. The molecule has 2 aromatic heterocycles. The van der Waals surface area contributed by atoms with Crippen LogP contribution in [0.1, 0.15) is 4.88 Å². The molecular weight excluding hydrogens is 477 g/mol. The number of thiophene rings is 1. The highest BCUT2D eigenvalue weighted by Crippen LogP contribution is 2.29. The summed E-state index contributed by atoms with van der Waals surface area (Å²) < 4.78 is 7.38. The molecule has 1 aromatic carbocycles. The monoisotopic (exact) mass is 489 g/mol. The molecule has 124 valence electrons. The summed E-state index contributed by atoms with van der Waals surface area (Å²) in [6.45, 7) is -0.0577. The highest BCUT2D eigenvalue weighted by atomic mass is 127. The molecule has 2 heterocycles. The van der Waals surface area contributed by atoms with Crippen LogP contribution in [0.3, 0.4) is 0 Å². The molecule has 3 aromatic rings. The Morgan fingerprint density at radius 3 is 2.83 bits per heavy atom. The van der Waals surface area contributed by atoms with Gasteiger partial charge >= 0.3 is 0 Å². The number of hydrogen-bond donors (Lipinski definition) is 1. The minimum Gasteiger partial charge on any atom is -0.484 e. The van der Waals surface area contributed by atoms with Crippen molar-refractivity contribution in [3.8, 4) is 5.75 Å². The highest BCUT2D eigenvalue weighted by molar-refractivity contribution is 14.1. The summed E-state index contributed by atoms with van der Waals surface area (Å²) in [5, 5.41) is 13.3. The number of nitrogens with zero attached hydrogens (tertiary/aromatic N) is 2. The number of halogens is 1. The topological polar surface area (TPSA) is 64.1 Å². The third-order valence-electron chi connectivity index (χ3n) is 2.75. The lowest BCUT2D eigenvalue weighted by molar-refractivity contribution is -0.118. The first-order valence-electron chi connectivity index (χ1n) is 6.86. The van der Waals surface area contributed by atoms with Crippen LogP contribution in [-0.4, -0.2) is 22.7 Å². The molecule has 0 atom stereocenters. The minimum atomic E-state index is -0.250. The average molecular weight is 489 g/mol. The van der Waals surface area contributed by atoms with Crippen molar-refractivity contribution in [2.75, 3.05) is 11.9 Å². The zero-order valence-electron chi connectivity index (χ0n) is 12.3. The number of carbonyl (C=O) groups is 1. The van der Waals surface area contributed by atoms with Gasteiger partial charge in [0.05, 0.1) is 0 Å². The normalized spacial score (nSPS) is 10.5. The fourth-order valence-electron chi connectivity index (χ4n) is 1.68. The second-order valence-corrected chi connectivity index (χ2v) is 9.01. The molecule has 0 spiro atoms. The summed E-state index contributed by atoms with van der Waals surface area (Å²) >= 11 is 6.90. The Bertz CT molecular complexity index is 791.